The Kier molecular flexibility index (Phi) is 4.11. The second kappa shape index (κ2) is 6.35. The lowest BCUT2D eigenvalue weighted by Crippen LogP contribution is -2.25. The molecule has 2 heterocycles. The minimum Gasteiger partial charge on any atom is -0.309 e. The van der Waals surface area contributed by atoms with Gasteiger partial charge in [0, 0.05) is 24.1 Å². The van der Waals surface area contributed by atoms with E-state index in [-0.39, 0.29) is 22.9 Å². The summed E-state index contributed by atoms with van der Waals surface area (Å²) in [5.74, 6) is -0.225. The van der Waals surface area contributed by atoms with Crippen LogP contribution in [0.3, 0.4) is 0 Å². The Bertz CT molecular complexity index is 1160. The van der Waals surface area contributed by atoms with Crippen molar-refractivity contribution in [3.8, 4) is 5.69 Å². The lowest BCUT2D eigenvalue weighted by molar-refractivity contribution is -0.111. The van der Waals surface area contributed by atoms with Crippen molar-refractivity contribution in [3.05, 3.63) is 74.6 Å². The SMILES string of the molecule is Cc1c(N=C2C(=O)N(C)c3ccc(Br)cc32)c(=O)n(-c2ccccc2)n1C. The molecule has 0 saturated heterocycles. The fourth-order valence-corrected chi connectivity index (χ4v) is 3.64. The predicted molar refractivity (Wildman–Crippen MR) is 109 cm³/mol. The summed E-state index contributed by atoms with van der Waals surface area (Å²) in [7, 11) is 3.51. The predicted octanol–water partition coefficient (Wildman–Crippen LogP) is 3.34. The number of likely N-dealkylation sites (N-methyl/N-ethyl adjacent to an activating group) is 1. The summed E-state index contributed by atoms with van der Waals surface area (Å²) in [6, 6.07) is 15.0. The van der Waals surface area contributed by atoms with Crippen molar-refractivity contribution in [2.24, 2.45) is 12.0 Å². The number of amides is 1. The molecule has 0 fully saturated rings. The average Bonchev–Trinajstić information content (AvgIpc) is 3.02. The van der Waals surface area contributed by atoms with Gasteiger partial charge in [-0.2, -0.15) is 0 Å². The topological polar surface area (TPSA) is 59.6 Å². The van der Waals surface area contributed by atoms with Crippen molar-refractivity contribution in [3.63, 3.8) is 0 Å². The zero-order valence-electron chi connectivity index (χ0n) is 15.1. The number of fused-ring (bicyclic) bond motifs is 1. The van der Waals surface area contributed by atoms with Crippen molar-refractivity contribution in [2.75, 3.05) is 11.9 Å². The monoisotopic (exact) mass is 424 g/mol. The number of nitrogens with zero attached hydrogens (tertiary/aromatic N) is 4. The quantitative estimate of drug-likeness (QED) is 0.633. The number of carbonyl (C=O) groups is 1. The Morgan fingerprint density at radius 2 is 1.70 bits per heavy atom. The molecule has 6 nitrogen and oxygen atoms in total. The van der Waals surface area contributed by atoms with Crippen LogP contribution in [-0.2, 0) is 11.8 Å². The van der Waals surface area contributed by atoms with Crippen LogP contribution in [0.5, 0.6) is 0 Å². The number of hydrogen-bond acceptors (Lipinski definition) is 3. The van der Waals surface area contributed by atoms with Gasteiger partial charge >= 0.3 is 0 Å². The Morgan fingerprint density at radius 1 is 1.00 bits per heavy atom. The number of rotatable bonds is 2. The molecule has 0 spiro atoms. The maximum atomic E-state index is 13.1. The van der Waals surface area contributed by atoms with E-state index >= 15 is 0 Å². The van der Waals surface area contributed by atoms with Gasteiger partial charge in [0.05, 0.1) is 17.1 Å². The second-order valence-electron chi connectivity index (χ2n) is 6.40. The summed E-state index contributed by atoms with van der Waals surface area (Å²) in [4.78, 5) is 31.9. The van der Waals surface area contributed by atoms with Crippen molar-refractivity contribution >= 4 is 38.9 Å². The normalized spacial score (nSPS) is 14.9. The molecule has 7 heteroatoms. The molecule has 0 unspecified atom stereocenters. The van der Waals surface area contributed by atoms with E-state index in [0.717, 1.165) is 15.8 Å². The van der Waals surface area contributed by atoms with Crippen molar-refractivity contribution < 1.29 is 4.79 Å². The highest BCUT2D eigenvalue weighted by molar-refractivity contribution is 9.10. The van der Waals surface area contributed by atoms with Gasteiger partial charge in [-0.25, -0.2) is 9.67 Å². The molecule has 1 aromatic heterocycles. The van der Waals surface area contributed by atoms with Crippen LogP contribution in [0.25, 0.3) is 5.69 Å². The number of benzene rings is 2. The summed E-state index contributed by atoms with van der Waals surface area (Å²) >= 11 is 3.44. The minimum atomic E-state index is -0.257. The van der Waals surface area contributed by atoms with E-state index < -0.39 is 0 Å². The Hall–Kier alpha value is -2.93. The van der Waals surface area contributed by atoms with E-state index in [1.54, 1.807) is 28.4 Å². The van der Waals surface area contributed by atoms with Crippen LogP contribution in [-0.4, -0.2) is 28.0 Å². The average molecular weight is 425 g/mol. The molecule has 0 saturated carbocycles. The number of aliphatic imine (C=N–C) groups is 1. The lowest BCUT2D eigenvalue weighted by atomic mass is 10.1. The molecule has 136 valence electrons. The van der Waals surface area contributed by atoms with E-state index in [4.69, 9.17) is 0 Å². The van der Waals surface area contributed by atoms with Gasteiger partial charge in [-0.3, -0.25) is 14.3 Å². The second-order valence-corrected chi connectivity index (χ2v) is 7.31. The van der Waals surface area contributed by atoms with E-state index in [2.05, 4.69) is 20.9 Å². The first-order chi connectivity index (χ1) is 12.9. The third-order valence-electron chi connectivity index (χ3n) is 4.83. The molecule has 0 bridgehead atoms. The third-order valence-corrected chi connectivity index (χ3v) is 5.32. The summed E-state index contributed by atoms with van der Waals surface area (Å²) in [6.07, 6.45) is 0. The molecule has 3 aromatic rings. The first kappa shape index (κ1) is 17.5. The molecular formula is C20H17BrN4O2. The molecule has 1 aliphatic heterocycles. The first-order valence-electron chi connectivity index (χ1n) is 8.41. The molecule has 0 atom stereocenters. The Morgan fingerprint density at radius 3 is 2.41 bits per heavy atom. The molecule has 4 rings (SSSR count). The lowest BCUT2D eigenvalue weighted by Gasteiger charge is -2.08. The van der Waals surface area contributed by atoms with Crippen LogP contribution >= 0.6 is 15.9 Å². The van der Waals surface area contributed by atoms with Crippen molar-refractivity contribution in [2.45, 2.75) is 6.92 Å². The number of anilines is 1. The highest BCUT2D eigenvalue weighted by Gasteiger charge is 2.32. The smallest absolute Gasteiger partial charge is 0.297 e. The molecule has 1 amide bonds. The Balaban J connectivity index is 1.93. The molecular weight excluding hydrogens is 408 g/mol. The van der Waals surface area contributed by atoms with E-state index in [1.165, 1.54) is 0 Å². The van der Waals surface area contributed by atoms with Crippen LogP contribution in [0.15, 0.2) is 62.8 Å². The third kappa shape index (κ3) is 2.66. The molecule has 2 aromatic carbocycles. The van der Waals surface area contributed by atoms with E-state index in [1.807, 2.05) is 55.5 Å². The maximum absolute atomic E-state index is 13.1. The highest BCUT2D eigenvalue weighted by atomic mass is 79.9. The van der Waals surface area contributed by atoms with Crippen LogP contribution in [0, 0.1) is 6.92 Å². The summed E-state index contributed by atoms with van der Waals surface area (Å²) in [5.41, 5.74) is 3.22. The molecule has 1 aliphatic rings. The van der Waals surface area contributed by atoms with Crippen LogP contribution in [0.1, 0.15) is 11.3 Å². The van der Waals surface area contributed by atoms with Gasteiger partial charge in [-0.05, 0) is 37.3 Å². The summed E-state index contributed by atoms with van der Waals surface area (Å²) < 4.78 is 4.16. The Labute approximate surface area is 164 Å². The van der Waals surface area contributed by atoms with Crippen LogP contribution < -0.4 is 10.5 Å². The molecule has 0 N–H and O–H groups in total. The largest absolute Gasteiger partial charge is 0.309 e. The molecule has 0 radical (unpaired) electrons. The van der Waals surface area contributed by atoms with Crippen LogP contribution in [0.2, 0.25) is 0 Å². The van der Waals surface area contributed by atoms with Gasteiger partial charge in [0.1, 0.15) is 5.71 Å². The number of hydrogen-bond donors (Lipinski definition) is 0. The van der Waals surface area contributed by atoms with Crippen LogP contribution in [0.4, 0.5) is 11.4 Å². The van der Waals surface area contributed by atoms with E-state index in [0.29, 0.717) is 11.3 Å². The highest BCUT2D eigenvalue weighted by Crippen LogP contribution is 2.32. The van der Waals surface area contributed by atoms with Gasteiger partial charge in [0.15, 0.2) is 5.69 Å². The zero-order valence-corrected chi connectivity index (χ0v) is 16.7. The number of halogens is 1. The number of para-hydroxylation sites is 1. The fraction of sp³-hybridized carbons (Fsp3) is 0.150. The van der Waals surface area contributed by atoms with Gasteiger partial charge in [0.25, 0.3) is 11.5 Å². The zero-order chi connectivity index (χ0) is 19.3. The number of aromatic nitrogens is 2. The summed E-state index contributed by atoms with van der Waals surface area (Å²) in [6.45, 7) is 1.82. The molecule has 0 aliphatic carbocycles. The standard InChI is InChI=1S/C20H17BrN4O2/c1-12-17(20(27)25(24(12)3)14-7-5-4-6-8-14)22-18-15-11-13(21)9-10-16(15)23(2)19(18)26/h4-11H,1-3H3. The van der Waals surface area contributed by atoms with Crippen molar-refractivity contribution in [1.82, 2.24) is 9.36 Å². The number of carbonyl (C=O) groups excluding carboxylic acids is 1. The summed E-state index contributed by atoms with van der Waals surface area (Å²) in [5, 5.41) is 0. The maximum Gasteiger partial charge on any atom is 0.297 e. The minimum absolute atomic E-state index is 0.225. The molecule has 27 heavy (non-hydrogen) atoms. The van der Waals surface area contributed by atoms with Gasteiger partial charge < -0.3 is 4.90 Å². The van der Waals surface area contributed by atoms with E-state index in [9.17, 15) is 9.59 Å². The van der Waals surface area contributed by atoms with Gasteiger partial charge in [0.2, 0.25) is 0 Å². The van der Waals surface area contributed by atoms with Crippen molar-refractivity contribution in [1.29, 1.82) is 0 Å². The first-order valence-corrected chi connectivity index (χ1v) is 9.20. The fourth-order valence-electron chi connectivity index (χ4n) is 3.28. The van der Waals surface area contributed by atoms with Gasteiger partial charge in [-0.1, -0.05) is 34.1 Å². The van der Waals surface area contributed by atoms with Gasteiger partial charge in [-0.15, -0.1) is 0 Å².